The fourth-order valence-corrected chi connectivity index (χ4v) is 2.51. The number of halogens is 1. The first-order valence-corrected chi connectivity index (χ1v) is 6.33. The number of piperazine rings is 1. The first-order valence-electron chi connectivity index (χ1n) is 5.54. The Kier molecular flexibility index (Phi) is 2.71. The second-order valence-corrected chi connectivity index (χ2v) is 5.02. The Hall–Kier alpha value is -1.21. The molecule has 0 spiro atoms. The molecule has 2 aromatic heterocycles. The number of aromatic amines is 1. The van der Waals surface area contributed by atoms with E-state index in [0.717, 1.165) is 42.0 Å². The lowest BCUT2D eigenvalue weighted by Crippen LogP contribution is -2.44. The second kappa shape index (κ2) is 4.23. The Labute approximate surface area is 107 Å². The van der Waals surface area contributed by atoms with Crippen LogP contribution in [-0.4, -0.2) is 58.3 Å². The Balaban J connectivity index is 2.02. The standard InChI is InChI=1S/C10H13BrN6/c1-16-2-4-17(5-3-16)10-7-8(11)14-15-9(7)12-6-13-10/h6H,2-5H2,1H3,(H,12,13,14,15). The molecule has 0 unspecified atom stereocenters. The van der Waals surface area contributed by atoms with Crippen molar-refractivity contribution in [1.82, 2.24) is 25.1 Å². The van der Waals surface area contributed by atoms with Gasteiger partial charge in [0.05, 0.1) is 5.39 Å². The summed E-state index contributed by atoms with van der Waals surface area (Å²) in [6.45, 7) is 4.09. The Morgan fingerprint density at radius 3 is 2.76 bits per heavy atom. The number of fused-ring (bicyclic) bond motifs is 1. The number of nitrogens with one attached hydrogen (secondary N) is 1. The van der Waals surface area contributed by atoms with E-state index in [2.05, 4.69) is 52.9 Å². The molecule has 1 saturated heterocycles. The van der Waals surface area contributed by atoms with E-state index in [-0.39, 0.29) is 0 Å². The molecule has 0 aromatic carbocycles. The van der Waals surface area contributed by atoms with Crippen molar-refractivity contribution in [3.8, 4) is 0 Å². The summed E-state index contributed by atoms with van der Waals surface area (Å²) < 4.78 is 0.849. The van der Waals surface area contributed by atoms with Crippen molar-refractivity contribution in [2.24, 2.45) is 0 Å². The van der Waals surface area contributed by atoms with Crippen LogP contribution < -0.4 is 4.90 Å². The van der Waals surface area contributed by atoms with Gasteiger partial charge in [-0.2, -0.15) is 5.10 Å². The van der Waals surface area contributed by atoms with Crippen molar-refractivity contribution >= 4 is 32.8 Å². The average molecular weight is 297 g/mol. The molecule has 0 aliphatic carbocycles. The summed E-state index contributed by atoms with van der Waals surface area (Å²) >= 11 is 3.46. The molecular formula is C10H13BrN6. The normalized spacial score (nSPS) is 17.9. The van der Waals surface area contributed by atoms with E-state index in [9.17, 15) is 0 Å². The fraction of sp³-hybridized carbons (Fsp3) is 0.500. The quantitative estimate of drug-likeness (QED) is 0.846. The highest BCUT2D eigenvalue weighted by atomic mass is 79.9. The van der Waals surface area contributed by atoms with Crippen molar-refractivity contribution in [2.75, 3.05) is 38.1 Å². The van der Waals surface area contributed by atoms with Crippen molar-refractivity contribution in [1.29, 1.82) is 0 Å². The summed E-state index contributed by atoms with van der Waals surface area (Å²) in [5.41, 5.74) is 0.709. The van der Waals surface area contributed by atoms with Crippen LogP contribution in [0.4, 0.5) is 5.82 Å². The lowest BCUT2D eigenvalue weighted by molar-refractivity contribution is 0.312. The molecule has 0 amide bonds. The maximum atomic E-state index is 4.39. The van der Waals surface area contributed by atoms with Crippen LogP contribution in [-0.2, 0) is 0 Å². The molecule has 0 bridgehead atoms. The van der Waals surface area contributed by atoms with E-state index in [4.69, 9.17) is 0 Å². The molecule has 90 valence electrons. The smallest absolute Gasteiger partial charge is 0.187 e. The van der Waals surface area contributed by atoms with Crippen LogP contribution in [0.3, 0.4) is 0 Å². The predicted molar refractivity (Wildman–Crippen MR) is 69.1 cm³/mol. The number of hydrogen-bond acceptors (Lipinski definition) is 5. The first kappa shape index (κ1) is 10.9. The first-order chi connectivity index (χ1) is 8.25. The molecule has 3 heterocycles. The van der Waals surface area contributed by atoms with Crippen LogP contribution >= 0.6 is 15.9 Å². The highest BCUT2D eigenvalue weighted by molar-refractivity contribution is 9.10. The number of aromatic nitrogens is 4. The summed E-state index contributed by atoms with van der Waals surface area (Å²) in [4.78, 5) is 13.1. The summed E-state index contributed by atoms with van der Waals surface area (Å²) in [7, 11) is 2.14. The van der Waals surface area contributed by atoms with Gasteiger partial charge < -0.3 is 9.80 Å². The lowest BCUT2D eigenvalue weighted by atomic mass is 10.3. The van der Waals surface area contributed by atoms with E-state index in [1.807, 2.05) is 0 Å². The summed E-state index contributed by atoms with van der Waals surface area (Å²) in [6, 6.07) is 0. The third-order valence-electron chi connectivity index (χ3n) is 3.09. The molecule has 1 aliphatic heterocycles. The van der Waals surface area contributed by atoms with Crippen LogP contribution in [0.25, 0.3) is 11.0 Å². The van der Waals surface area contributed by atoms with Crippen LogP contribution in [0, 0.1) is 0 Å². The fourth-order valence-electron chi connectivity index (χ4n) is 2.06. The van der Waals surface area contributed by atoms with Gasteiger partial charge in [0.2, 0.25) is 0 Å². The molecule has 7 heteroatoms. The SMILES string of the molecule is CN1CCN(c2ncnc3n[nH]c(Br)c23)CC1. The molecular weight excluding hydrogens is 284 g/mol. The Morgan fingerprint density at radius 2 is 2.00 bits per heavy atom. The van der Waals surface area contributed by atoms with E-state index in [1.165, 1.54) is 0 Å². The molecule has 0 saturated carbocycles. The van der Waals surface area contributed by atoms with Crippen molar-refractivity contribution in [3.05, 3.63) is 10.9 Å². The third-order valence-corrected chi connectivity index (χ3v) is 3.66. The van der Waals surface area contributed by atoms with E-state index >= 15 is 0 Å². The Morgan fingerprint density at radius 1 is 1.24 bits per heavy atom. The molecule has 17 heavy (non-hydrogen) atoms. The molecule has 3 rings (SSSR count). The monoisotopic (exact) mass is 296 g/mol. The van der Waals surface area contributed by atoms with Crippen LogP contribution in [0.1, 0.15) is 0 Å². The lowest BCUT2D eigenvalue weighted by Gasteiger charge is -2.33. The molecule has 1 N–H and O–H groups in total. The van der Waals surface area contributed by atoms with Gasteiger partial charge in [0.1, 0.15) is 16.7 Å². The zero-order chi connectivity index (χ0) is 11.8. The number of likely N-dealkylation sites (N-methyl/N-ethyl adjacent to an activating group) is 1. The third kappa shape index (κ3) is 1.89. The van der Waals surface area contributed by atoms with Crippen LogP contribution in [0.2, 0.25) is 0 Å². The topological polar surface area (TPSA) is 60.9 Å². The molecule has 2 aromatic rings. The molecule has 1 fully saturated rings. The summed E-state index contributed by atoms with van der Waals surface area (Å²) in [5, 5.41) is 7.99. The number of hydrogen-bond donors (Lipinski definition) is 1. The zero-order valence-corrected chi connectivity index (χ0v) is 11.1. The van der Waals surface area contributed by atoms with E-state index < -0.39 is 0 Å². The van der Waals surface area contributed by atoms with Crippen molar-refractivity contribution in [2.45, 2.75) is 0 Å². The van der Waals surface area contributed by atoms with Gasteiger partial charge in [-0.15, -0.1) is 0 Å². The van der Waals surface area contributed by atoms with Gasteiger partial charge in [0.25, 0.3) is 0 Å². The number of anilines is 1. The van der Waals surface area contributed by atoms with E-state index in [0.29, 0.717) is 5.65 Å². The minimum Gasteiger partial charge on any atom is -0.353 e. The largest absolute Gasteiger partial charge is 0.353 e. The molecule has 0 radical (unpaired) electrons. The minimum atomic E-state index is 0.709. The second-order valence-electron chi connectivity index (χ2n) is 4.22. The average Bonchev–Trinajstić information content (AvgIpc) is 2.73. The van der Waals surface area contributed by atoms with Gasteiger partial charge in [0.15, 0.2) is 5.65 Å². The highest BCUT2D eigenvalue weighted by Crippen LogP contribution is 2.28. The summed E-state index contributed by atoms with van der Waals surface area (Å²) in [5.74, 6) is 0.962. The van der Waals surface area contributed by atoms with Gasteiger partial charge >= 0.3 is 0 Å². The predicted octanol–water partition coefficient (Wildman–Crippen LogP) is 0.867. The minimum absolute atomic E-state index is 0.709. The van der Waals surface area contributed by atoms with Crippen LogP contribution in [0.5, 0.6) is 0 Å². The molecule has 0 atom stereocenters. The van der Waals surface area contributed by atoms with Gasteiger partial charge in [-0.3, -0.25) is 5.10 Å². The number of H-pyrrole nitrogens is 1. The van der Waals surface area contributed by atoms with Gasteiger partial charge in [-0.25, -0.2) is 9.97 Å². The van der Waals surface area contributed by atoms with Gasteiger partial charge in [-0.1, -0.05) is 0 Å². The molecule has 6 nitrogen and oxygen atoms in total. The van der Waals surface area contributed by atoms with Gasteiger partial charge in [-0.05, 0) is 23.0 Å². The van der Waals surface area contributed by atoms with Gasteiger partial charge in [0, 0.05) is 26.2 Å². The Bertz CT molecular complexity index is 531. The maximum Gasteiger partial charge on any atom is 0.187 e. The number of rotatable bonds is 1. The molecule has 1 aliphatic rings. The van der Waals surface area contributed by atoms with Crippen LogP contribution in [0.15, 0.2) is 10.9 Å². The maximum absolute atomic E-state index is 4.39. The van der Waals surface area contributed by atoms with Crippen molar-refractivity contribution in [3.63, 3.8) is 0 Å². The zero-order valence-electron chi connectivity index (χ0n) is 9.52. The van der Waals surface area contributed by atoms with E-state index in [1.54, 1.807) is 6.33 Å². The number of nitrogens with zero attached hydrogens (tertiary/aromatic N) is 5. The summed E-state index contributed by atoms with van der Waals surface area (Å²) in [6.07, 6.45) is 1.57. The highest BCUT2D eigenvalue weighted by Gasteiger charge is 2.20. The van der Waals surface area contributed by atoms with Crippen molar-refractivity contribution < 1.29 is 0 Å².